The van der Waals surface area contributed by atoms with E-state index in [1.807, 2.05) is 77.9 Å². The lowest BCUT2D eigenvalue weighted by Crippen LogP contribution is -2.66. The van der Waals surface area contributed by atoms with Gasteiger partial charge in [0, 0.05) is 18.5 Å². The Morgan fingerprint density at radius 3 is 1.79 bits per heavy atom. The SMILES string of the molecule is C=C(CO[Si](c1ccccc1)(c1ccccc1)C(C)(C)C)CC(C(=O)OCC)C(=O)c1c2c(nn1C(=O)O)CCN(C(=O)O)C2(C(C)(C)C)C(C)(C)C. The number of rotatable bonds is 11. The summed E-state index contributed by atoms with van der Waals surface area (Å²) in [6, 6.07) is 20.1. The lowest BCUT2D eigenvalue weighted by molar-refractivity contribution is -0.146. The summed E-state index contributed by atoms with van der Waals surface area (Å²) in [4.78, 5) is 56.0. The van der Waals surface area contributed by atoms with Crippen LogP contribution < -0.4 is 10.4 Å². The first-order valence-electron chi connectivity index (χ1n) is 18.1. The second kappa shape index (κ2) is 15.1. The van der Waals surface area contributed by atoms with E-state index in [9.17, 15) is 24.6 Å². The molecule has 0 fully saturated rings. The number of ketones is 1. The molecule has 0 saturated heterocycles. The fourth-order valence-electron chi connectivity index (χ4n) is 8.84. The van der Waals surface area contributed by atoms with E-state index in [1.165, 1.54) is 4.90 Å². The highest BCUT2D eigenvalue weighted by Gasteiger charge is 2.63. The van der Waals surface area contributed by atoms with Crippen LogP contribution in [0.1, 0.15) is 97.4 Å². The minimum absolute atomic E-state index is 0.00742. The van der Waals surface area contributed by atoms with Crippen molar-refractivity contribution in [1.82, 2.24) is 14.7 Å². The molecule has 0 aliphatic carbocycles. The molecule has 11 nitrogen and oxygen atoms in total. The van der Waals surface area contributed by atoms with Crippen molar-refractivity contribution in [3.05, 3.63) is 89.8 Å². The van der Waals surface area contributed by atoms with Gasteiger partial charge in [-0.1, -0.05) is 135 Å². The summed E-state index contributed by atoms with van der Waals surface area (Å²) in [5.41, 5.74) is -2.58. The number of hydrogen-bond donors (Lipinski definition) is 2. The topological polar surface area (TPSA) is 148 Å². The molecule has 0 radical (unpaired) electrons. The highest BCUT2D eigenvalue weighted by atomic mass is 28.4. The zero-order chi connectivity index (χ0) is 39.7. The van der Waals surface area contributed by atoms with Gasteiger partial charge in [0.15, 0.2) is 5.78 Å². The molecule has 2 N–H and O–H groups in total. The van der Waals surface area contributed by atoms with Gasteiger partial charge in [0.1, 0.15) is 11.6 Å². The average Bonchev–Trinajstić information content (AvgIpc) is 3.46. The number of ether oxygens (including phenoxy) is 1. The summed E-state index contributed by atoms with van der Waals surface area (Å²) in [6.07, 6.45) is -2.86. The summed E-state index contributed by atoms with van der Waals surface area (Å²) in [5.74, 6) is -3.20. The maximum absolute atomic E-state index is 15.0. The van der Waals surface area contributed by atoms with E-state index in [2.05, 4.69) is 56.7 Å². The Balaban J connectivity index is 1.87. The molecule has 3 aromatic rings. The summed E-state index contributed by atoms with van der Waals surface area (Å²) in [7, 11) is -3.02. The van der Waals surface area contributed by atoms with Gasteiger partial charge in [-0.25, -0.2) is 9.59 Å². The van der Waals surface area contributed by atoms with Crippen LogP contribution in [0.15, 0.2) is 72.8 Å². The number of nitrogens with zero attached hydrogens (tertiary/aromatic N) is 3. The maximum Gasteiger partial charge on any atom is 0.432 e. The first-order chi connectivity index (χ1) is 24.6. The fourth-order valence-corrected chi connectivity index (χ4v) is 13.4. The van der Waals surface area contributed by atoms with E-state index >= 15 is 4.79 Å². The molecule has 0 spiro atoms. The van der Waals surface area contributed by atoms with Crippen molar-refractivity contribution in [2.45, 2.75) is 92.7 Å². The van der Waals surface area contributed by atoms with Crippen LogP contribution in [0.4, 0.5) is 9.59 Å². The molecular formula is C41H55N3O8Si. The molecule has 1 unspecified atom stereocenters. The van der Waals surface area contributed by atoms with E-state index in [1.54, 1.807) is 6.92 Å². The Kier molecular flexibility index (Phi) is 11.7. The number of Topliss-reactive ketones (excluding diaryl/α,β-unsaturated/α-hetero) is 1. The van der Waals surface area contributed by atoms with Crippen molar-refractivity contribution < 1.29 is 38.6 Å². The molecule has 12 heteroatoms. The van der Waals surface area contributed by atoms with Crippen molar-refractivity contribution >= 4 is 42.6 Å². The fraction of sp³-hybridized carbons (Fsp3) is 0.488. The van der Waals surface area contributed by atoms with Crippen molar-refractivity contribution in [2.24, 2.45) is 16.7 Å². The van der Waals surface area contributed by atoms with Crippen molar-refractivity contribution in [3.63, 3.8) is 0 Å². The number of benzene rings is 2. The standard InChI is InChI=1S/C41H55N3O8Si/c1-12-51-35(46)30(25-27(2)26-52-53(40(9,10)11,28-19-15-13-16-20-28)29-21-17-14-18-22-29)34(45)33-32-31(42-44(33)37(49)50)23-24-43(36(47)48)41(32,38(3,4)5)39(6,7)8/h13-22,30H,2,12,23-26H2,1,3-11H3,(H,47,48)(H,49,50). The van der Waals surface area contributed by atoms with Gasteiger partial charge in [-0.2, -0.15) is 9.78 Å². The van der Waals surface area contributed by atoms with Gasteiger partial charge in [0.05, 0.1) is 24.4 Å². The highest BCUT2D eigenvalue weighted by molar-refractivity contribution is 6.99. The third-order valence-corrected chi connectivity index (χ3v) is 15.4. The maximum atomic E-state index is 15.0. The first-order valence-corrected chi connectivity index (χ1v) is 20.0. The predicted octanol–water partition coefficient (Wildman–Crippen LogP) is 7.12. The number of carboxylic acid groups (broad SMARTS) is 2. The molecule has 0 saturated carbocycles. The van der Waals surface area contributed by atoms with Crippen LogP contribution >= 0.6 is 0 Å². The molecule has 53 heavy (non-hydrogen) atoms. The third-order valence-electron chi connectivity index (χ3n) is 10.4. The Bertz CT molecular complexity index is 1800. The zero-order valence-corrected chi connectivity index (χ0v) is 33.8. The smallest absolute Gasteiger partial charge is 0.432 e. The van der Waals surface area contributed by atoms with E-state index in [-0.39, 0.29) is 48.9 Å². The number of hydrogen-bond acceptors (Lipinski definition) is 7. The Labute approximate surface area is 314 Å². The van der Waals surface area contributed by atoms with Gasteiger partial charge in [-0.3, -0.25) is 14.5 Å². The molecule has 286 valence electrons. The number of fused-ring (bicyclic) bond motifs is 1. The first kappa shape index (κ1) is 41.2. The van der Waals surface area contributed by atoms with Gasteiger partial charge in [-0.15, -0.1) is 0 Å². The molecule has 1 aliphatic rings. The van der Waals surface area contributed by atoms with E-state index in [4.69, 9.17) is 9.16 Å². The Morgan fingerprint density at radius 2 is 1.38 bits per heavy atom. The number of amides is 1. The van der Waals surface area contributed by atoms with Crippen LogP contribution in [-0.4, -0.2) is 76.9 Å². The lowest BCUT2D eigenvalue weighted by atomic mass is 9.54. The number of carbonyl (C=O) groups excluding carboxylic acids is 2. The Hall–Kier alpha value is -4.55. The van der Waals surface area contributed by atoms with Crippen LogP contribution in [0.3, 0.4) is 0 Å². The molecule has 1 amide bonds. The predicted molar refractivity (Wildman–Crippen MR) is 206 cm³/mol. The molecule has 2 aromatic carbocycles. The lowest BCUT2D eigenvalue weighted by Gasteiger charge is -2.60. The van der Waals surface area contributed by atoms with Crippen LogP contribution in [-0.2, 0) is 25.9 Å². The molecular weight excluding hydrogens is 691 g/mol. The number of aromatic nitrogens is 2. The van der Waals surface area contributed by atoms with Crippen LogP contribution in [0.5, 0.6) is 0 Å². The Morgan fingerprint density at radius 1 is 0.868 bits per heavy atom. The zero-order valence-electron chi connectivity index (χ0n) is 32.8. The molecule has 1 aromatic heterocycles. The van der Waals surface area contributed by atoms with Crippen molar-refractivity contribution in [2.75, 3.05) is 19.8 Å². The van der Waals surface area contributed by atoms with Crippen LogP contribution in [0, 0.1) is 16.7 Å². The van der Waals surface area contributed by atoms with Gasteiger partial charge in [-0.05, 0) is 39.6 Å². The summed E-state index contributed by atoms with van der Waals surface area (Å²) >= 11 is 0. The van der Waals surface area contributed by atoms with Crippen LogP contribution in [0.25, 0.3) is 0 Å². The van der Waals surface area contributed by atoms with E-state index in [0.717, 1.165) is 10.4 Å². The average molecular weight is 746 g/mol. The molecule has 1 atom stereocenters. The van der Waals surface area contributed by atoms with Gasteiger partial charge in [0.25, 0.3) is 8.32 Å². The van der Waals surface area contributed by atoms with Gasteiger partial charge < -0.3 is 19.4 Å². The largest absolute Gasteiger partial charge is 0.465 e. The van der Waals surface area contributed by atoms with E-state index in [0.29, 0.717) is 15.9 Å². The van der Waals surface area contributed by atoms with Crippen molar-refractivity contribution in [3.8, 4) is 0 Å². The second-order valence-electron chi connectivity index (χ2n) is 16.8. The summed E-state index contributed by atoms with van der Waals surface area (Å²) in [6.45, 7) is 23.5. The minimum Gasteiger partial charge on any atom is -0.465 e. The highest BCUT2D eigenvalue weighted by Crippen LogP contribution is 2.59. The summed E-state index contributed by atoms with van der Waals surface area (Å²) in [5, 5.41) is 27.2. The normalized spacial score (nSPS) is 15.3. The monoisotopic (exact) mass is 745 g/mol. The third kappa shape index (κ3) is 7.23. The number of esters is 1. The molecule has 1 aliphatic heterocycles. The van der Waals surface area contributed by atoms with Crippen molar-refractivity contribution in [1.29, 1.82) is 0 Å². The minimum atomic E-state index is -3.02. The second-order valence-corrected chi connectivity index (χ2v) is 21.1. The quantitative estimate of drug-likeness (QED) is 0.0689. The molecule has 0 bridgehead atoms. The number of carbonyl (C=O) groups is 4. The van der Waals surface area contributed by atoms with Gasteiger partial charge in [0.2, 0.25) is 0 Å². The van der Waals surface area contributed by atoms with E-state index < -0.39 is 54.5 Å². The van der Waals surface area contributed by atoms with Gasteiger partial charge >= 0.3 is 18.2 Å². The summed E-state index contributed by atoms with van der Waals surface area (Å²) < 4.78 is 13.1. The molecule has 2 heterocycles. The van der Waals surface area contributed by atoms with Crippen LogP contribution in [0.2, 0.25) is 5.04 Å². The molecule has 4 rings (SSSR count).